The van der Waals surface area contributed by atoms with Crippen molar-refractivity contribution >= 4 is 15.9 Å². The Kier molecular flexibility index (Phi) is 3.27. The van der Waals surface area contributed by atoms with Gasteiger partial charge in [-0.3, -0.25) is 0 Å². The van der Waals surface area contributed by atoms with Gasteiger partial charge in [0.15, 0.2) is 6.29 Å². The van der Waals surface area contributed by atoms with Gasteiger partial charge in [-0.05, 0) is 63.7 Å². The Morgan fingerprint density at radius 1 is 1.05 bits per heavy atom. The van der Waals surface area contributed by atoms with Crippen LogP contribution in [-0.2, 0) is 14.2 Å². The summed E-state index contributed by atoms with van der Waals surface area (Å²) in [6, 6.07) is 0. The topological polar surface area (TPSA) is 27.7 Å². The Hall–Kier alpha value is 0.360. The molecule has 114 valence electrons. The summed E-state index contributed by atoms with van der Waals surface area (Å²) in [6.07, 6.45) is 6.54. The molecule has 0 aromatic rings. The molecule has 0 aromatic heterocycles. The molecule has 5 rings (SSSR count). The molecule has 1 spiro atoms. The lowest BCUT2D eigenvalue weighted by Crippen LogP contribution is -2.78. The molecular formula is C16H25BrO3. The summed E-state index contributed by atoms with van der Waals surface area (Å²) in [4.78, 5) is 0. The Balaban J connectivity index is 1.61. The maximum atomic E-state index is 6.39. The Bertz CT molecular complexity index is 383. The molecule has 0 amide bonds. The third-order valence-corrected chi connectivity index (χ3v) is 7.05. The van der Waals surface area contributed by atoms with E-state index in [2.05, 4.69) is 22.9 Å². The molecule has 4 aliphatic carbocycles. The molecule has 5 fully saturated rings. The van der Waals surface area contributed by atoms with Gasteiger partial charge in [-0.1, -0.05) is 15.9 Å². The van der Waals surface area contributed by atoms with Gasteiger partial charge < -0.3 is 14.2 Å². The van der Waals surface area contributed by atoms with Gasteiger partial charge in [0, 0.05) is 17.5 Å². The molecule has 5 aliphatic rings. The fraction of sp³-hybridized carbons (Fsp3) is 1.00. The molecule has 20 heavy (non-hydrogen) atoms. The minimum absolute atomic E-state index is 0.0377. The maximum absolute atomic E-state index is 6.39. The molecule has 7 atom stereocenters. The van der Waals surface area contributed by atoms with E-state index in [1.54, 1.807) is 0 Å². The van der Waals surface area contributed by atoms with Crippen LogP contribution in [0.1, 0.15) is 46.0 Å². The van der Waals surface area contributed by atoms with Crippen LogP contribution in [0.3, 0.4) is 0 Å². The lowest BCUT2D eigenvalue weighted by molar-refractivity contribution is -0.426. The quantitative estimate of drug-likeness (QED) is 0.730. The second-order valence-electron chi connectivity index (χ2n) is 7.17. The monoisotopic (exact) mass is 344 g/mol. The van der Waals surface area contributed by atoms with Crippen LogP contribution < -0.4 is 0 Å². The summed E-state index contributed by atoms with van der Waals surface area (Å²) in [6.45, 7) is 5.56. The average molecular weight is 345 g/mol. The third kappa shape index (κ3) is 1.74. The first-order chi connectivity index (χ1) is 9.61. The predicted molar refractivity (Wildman–Crippen MR) is 79.9 cm³/mol. The highest BCUT2D eigenvalue weighted by atomic mass is 79.9. The highest BCUT2D eigenvalue weighted by Crippen LogP contribution is 2.67. The second kappa shape index (κ2) is 4.68. The van der Waals surface area contributed by atoms with Gasteiger partial charge in [0.25, 0.3) is 0 Å². The van der Waals surface area contributed by atoms with Crippen LogP contribution in [0.25, 0.3) is 0 Å². The molecule has 0 aromatic carbocycles. The van der Waals surface area contributed by atoms with Crippen LogP contribution >= 0.6 is 15.9 Å². The lowest BCUT2D eigenvalue weighted by Gasteiger charge is -2.70. The van der Waals surface area contributed by atoms with Gasteiger partial charge in [0.05, 0.1) is 0 Å². The van der Waals surface area contributed by atoms with E-state index in [0.717, 1.165) is 12.5 Å². The predicted octanol–water partition coefficient (Wildman–Crippen LogP) is 3.50. The minimum Gasteiger partial charge on any atom is -0.370 e. The highest BCUT2D eigenvalue weighted by molar-refractivity contribution is 9.10. The van der Waals surface area contributed by atoms with Crippen molar-refractivity contribution in [2.45, 2.75) is 68.3 Å². The SMILES string of the molecule is CCO[C@@H]1OC2([C@@H]3CC4C[C@H]2CC(Br)(C4)C3)[C@H]1OCC. The van der Waals surface area contributed by atoms with Crippen LogP contribution in [0.4, 0.5) is 0 Å². The number of rotatable bonds is 4. The molecule has 0 N–H and O–H groups in total. The number of hydrogen-bond donors (Lipinski definition) is 0. The van der Waals surface area contributed by atoms with Crippen molar-refractivity contribution in [3.05, 3.63) is 0 Å². The number of ether oxygens (including phenoxy) is 3. The van der Waals surface area contributed by atoms with Crippen molar-refractivity contribution in [2.24, 2.45) is 17.8 Å². The van der Waals surface area contributed by atoms with Crippen molar-refractivity contribution < 1.29 is 14.2 Å². The molecule has 4 saturated carbocycles. The van der Waals surface area contributed by atoms with Crippen molar-refractivity contribution in [3.63, 3.8) is 0 Å². The Morgan fingerprint density at radius 2 is 1.70 bits per heavy atom. The van der Waals surface area contributed by atoms with Crippen LogP contribution in [0, 0.1) is 17.8 Å². The highest BCUT2D eigenvalue weighted by Gasteiger charge is 2.72. The van der Waals surface area contributed by atoms with Gasteiger partial charge in [0.1, 0.15) is 11.7 Å². The summed E-state index contributed by atoms with van der Waals surface area (Å²) in [5, 5.41) is 0. The second-order valence-corrected chi connectivity index (χ2v) is 8.85. The first kappa shape index (κ1) is 14.0. The van der Waals surface area contributed by atoms with E-state index in [9.17, 15) is 0 Å². The first-order valence-corrected chi connectivity index (χ1v) is 9.00. The maximum Gasteiger partial charge on any atom is 0.187 e. The number of hydrogen-bond acceptors (Lipinski definition) is 3. The van der Waals surface area contributed by atoms with Gasteiger partial charge >= 0.3 is 0 Å². The van der Waals surface area contributed by atoms with E-state index in [1.165, 1.54) is 32.1 Å². The summed E-state index contributed by atoms with van der Waals surface area (Å²) in [5.74, 6) is 2.21. The van der Waals surface area contributed by atoms with Crippen LogP contribution in [-0.4, -0.2) is 35.5 Å². The fourth-order valence-electron chi connectivity index (χ4n) is 5.71. The van der Waals surface area contributed by atoms with Crippen LogP contribution in [0.15, 0.2) is 0 Å². The normalized spacial score (nSPS) is 56.2. The molecule has 0 radical (unpaired) electrons. The lowest BCUT2D eigenvalue weighted by atomic mass is 9.47. The largest absolute Gasteiger partial charge is 0.370 e. The Morgan fingerprint density at radius 3 is 2.25 bits per heavy atom. The molecule has 1 aliphatic heterocycles. The standard InChI is InChI=1S/C16H25BrO3/c1-3-18-13-14(19-4-2)20-16(13)11-5-10-6-12(16)9-15(17,7-10)8-11/h10-14H,3-9H2,1-2H3/t10?,11-,12+,13-,14+,15?,16?/m0/s1. The van der Waals surface area contributed by atoms with Gasteiger partial charge in [-0.15, -0.1) is 0 Å². The van der Waals surface area contributed by atoms with Crippen molar-refractivity contribution in [3.8, 4) is 0 Å². The van der Waals surface area contributed by atoms with Gasteiger partial charge in [-0.25, -0.2) is 0 Å². The summed E-state index contributed by atoms with van der Waals surface area (Å²) < 4.78 is 18.6. The van der Waals surface area contributed by atoms with Crippen molar-refractivity contribution in [2.75, 3.05) is 13.2 Å². The molecule has 4 heteroatoms. The number of halogens is 1. The molecule has 3 nitrogen and oxygen atoms in total. The van der Waals surface area contributed by atoms with E-state index in [0.29, 0.717) is 22.8 Å². The van der Waals surface area contributed by atoms with E-state index < -0.39 is 0 Å². The molecule has 4 bridgehead atoms. The van der Waals surface area contributed by atoms with Gasteiger partial charge in [0.2, 0.25) is 0 Å². The first-order valence-electron chi connectivity index (χ1n) is 8.21. The zero-order valence-electron chi connectivity index (χ0n) is 12.4. The summed E-state index contributed by atoms with van der Waals surface area (Å²) in [5.41, 5.74) is -0.0377. The smallest absolute Gasteiger partial charge is 0.187 e. The summed E-state index contributed by atoms with van der Waals surface area (Å²) >= 11 is 4.04. The Labute approximate surface area is 129 Å². The van der Waals surface area contributed by atoms with E-state index in [-0.39, 0.29) is 18.0 Å². The molecule has 1 heterocycles. The van der Waals surface area contributed by atoms with E-state index in [4.69, 9.17) is 14.2 Å². The van der Waals surface area contributed by atoms with Crippen molar-refractivity contribution in [1.82, 2.24) is 0 Å². The van der Waals surface area contributed by atoms with Crippen LogP contribution in [0.2, 0.25) is 0 Å². The van der Waals surface area contributed by atoms with E-state index in [1.807, 2.05) is 6.92 Å². The van der Waals surface area contributed by atoms with Gasteiger partial charge in [-0.2, -0.15) is 0 Å². The number of alkyl halides is 1. The van der Waals surface area contributed by atoms with E-state index >= 15 is 0 Å². The minimum atomic E-state index is -0.135. The third-order valence-electron chi connectivity index (χ3n) is 6.08. The fourth-order valence-corrected chi connectivity index (χ4v) is 6.95. The molecule has 1 saturated heterocycles. The zero-order chi connectivity index (χ0) is 14.0. The average Bonchev–Trinajstić information content (AvgIpc) is 2.37. The summed E-state index contributed by atoms with van der Waals surface area (Å²) in [7, 11) is 0. The van der Waals surface area contributed by atoms with Crippen LogP contribution in [0.5, 0.6) is 0 Å². The van der Waals surface area contributed by atoms with Crippen molar-refractivity contribution in [1.29, 1.82) is 0 Å². The molecule has 3 unspecified atom stereocenters. The zero-order valence-corrected chi connectivity index (χ0v) is 14.0. The molecular weight excluding hydrogens is 320 g/mol.